The molecule has 1 atom stereocenters. The predicted molar refractivity (Wildman–Crippen MR) is 71.4 cm³/mol. The molecule has 1 saturated heterocycles. The predicted octanol–water partition coefficient (Wildman–Crippen LogP) is 1.36. The fourth-order valence-electron chi connectivity index (χ4n) is 2.29. The lowest BCUT2D eigenvalue weighted by atomic mass is 10.1. The third-order valence-electron chi connectivity index (χ3n) is 3.34. The summed E-state index contributed by atoms with van der Waals surface area (Å²) >= 11 is 0. The number of halogens is 1. The van der Waals surface area contributed by atoms with Crippen LogP contribution in [-0.2, 0) is 16.4 Å². The van der Waals surface area contributed by atoms with E-state index in [-0.39, 0.29) is 29.0 Å². The Morgan fingerprint density at radius 2 is 2.26 bits per heavy atom. The Balaban J connectivity index is 1.87. The van der Waals surface area contributed by atoms with Crippen molar-refractivity contribution < 1.29 is 17.5 Å². The smallest absolute Gasteiger partial charge is 0.169 e. The summed E-state index contributed by atoms with van der Waals surface area (Å²) in [7, 11) is -1.41. The van der Waals surface area contributed by atoms with Crippen molar-refractivity contribution in [3.05, 3.63) is 29.6 Å². The number of ether oxygens (including phenoxy) is 1. The van der Waals surface area contributed by atoms with Crippen molar-refractivity contribution in [2.75, 3.05) is 25.2 Å². The molecule has 0 bridgehead atoms. The highest BCUT2D eigenvalue weighted by atomic mass is 32.2. The Morgan fingerprint density at radius 1 is 1.47 bits per heavy atom. The standard InChI is InChI=1S/C13H18FNO3S/c1-18-12-4-2-3-11(13(12)14)8-15-7-10-5-6-19(16,17)9-10/h2-4,10,15H,5-9H2,1H3. The summed E-state index contributed by atoms with van der Waals surface area (Å²) in [6, 6.07) is 5.00. The highest BCUT2D eigenvalue weighted by Crippen LogP contribution is 2.20. The summed E-state index contributed by atoms with van der Waals surface area (Å²) in [5.74, 6) is 0.506. The van der Waals surface area contributed by atoms with E-state index >= 15 is 0 Å². The molecule has 0 saturated carbocycles. The lowest BCUT2D eigenvalue weighted by Crippen LogP contribution is -2.23. The largest absolute Gasteiger partial charge is 0.494 e. The van der Waals surface area contributed by atoms with Gasteiger partial charge in [-0.15, -0.1) is 0 Å². The summed E-state index contributed by atoms with van der Waals surface area (Å²) in [6.07, 6.45) is 0.690. The van der Waals surface area contributed by atoms with Gasteiger partial charge in [0.2, 0.25) is 0 Å². The van der Waals surface area contributed by atoms with Gasteiger partial charge in [-0.1, -0.05) is 12.1 Å². The monoisotopic (exact) mass is 287 g/mol. The molecule has 1 aliphatic rings. The molecule has 1 aliphatic heterocycles. The molecule has 0 amide bonds. The third kappa shape index (κ3) is 3.67. The first kappa shape index (κ1) is 14.3. The topological polar surface area (TPSA) is 55.4 Å². The van der Waals surface area contributed by atoms with Crippen LogP contribution in [0.15, 0.2) is 18.2 Å². The lowest BCUT2D eigenvalue weighted by Gasteiger charge is -2.11. The van der Waals surface area contributed by atoms with Crippen LogP contribution in [-0.4, -0.2) is 33.6 Å². The molecule has 4 nitrogen and oxygen atoms in total. The van der Waals surface area contributed by atoms with Crippen molar-refractivity contribution >= 4 is 9.84 Å². The first-order valence-corrected chi connectivity index (χ1v) is 8.06. The molecule has 0 spiro atoms. The molecular weight excluding hydrogens is 269 g/mol. The number of sulfone groups is 1. The van der Waals surface area contributed by atoms with Crippen LogP contribution in [0.4, 0.5) is 4.39 Å². The van der Waals surface area contributed by atoms with Crippen LogP contribution < -0.4 is 10.1 Å². The number of hydrogen-bond donors (Lipinski definition) is 1. The van der Waals surface area contributed by atoms with Crippen molar-refractivity contribution in [1.29, 1.82) is 0 Å². The second kappa shape index (κ2) is 5.88. The van der Waals surface area contributed by atoms with Gasteiger partial charge in [0.15, 0.2) is 21.4 Å². The Bertz CT molecular complexity index is 545. The van der Waals surface area contributed by atoms with Gasteiger partial charge in [-0.2, -0.15) is 0 Å². The van der Waals surface area contributed by atoms with Gasteiger partial charge in [0.1, 0.15) is 0 Å². The number of benzene rings is 1. The Hall–Kier alpha value is -1.14. The molecule has 106 valence electrons. The molecule has 1 aromatic carbocycles. The number of nitrogens with one attached hydrogen (secondary N) is 1. The maximum absolute atomic E-state index is 13.8. The first-order chi connectivity index (χ1) is 9.02. The van der Waals surface area contributed by atoms with Crippen LogP contribution in [0.3, 0.4) is 0 Å². The van der Waals surface area contributed by atoms with Gasteiger partial charge in [0.05, 0.1) is 18.6 Å². The lowest BCUT2D eigenvalue weighted by molar-refractivity contribution is 0.383. The van der Waals surface area contributed by atoms with E-state index in [0.29, 0.717) is 25.1 Å². The average molecular weight is 287 g/mol. The summed E-state index contributed by atoms with van der Waals surface area (Å²) < 4.78 is 41.4. The molecule has 0 radical (unpaired) electrons. The van der Waals surface area contributed by atoms with E-state index in [1.54, 1.807) is 18.2 Å². The maximum Gasteiger partial charge on any atom is 0.169 e. The molecule has 1 aromatic rings. The summed E-state index contributed by atoms with van der Waals surface area (Å²) in [5, 5.41) is 3.11. The summed E-state index contributed by atoms with van der Waals surface area (Å²) in [5.41, 5.74) is 0.528. The van der Waals surface area contributed by atoms with Gasteiger partial charge in [0.25, 0.3) is 0 Å². The van der Waals surface area contributed by atoms with Gasteiger partial charge in [-0.05, 0) is 24.9 Å². The zero-order valence-corrected chi connectivity index (χ0v) is 11.7. The van der Waals surface area contributed by atoms with Crippen molar-refractivity contribution in [3.63, 3.8) is 0 Å². The highest BCUT2D eigenvalue weighted by molar-refractivity contribution is 7.91. The fraction of sp³-hybridized carbons (Fsp3) is 0.538. The van der Waals surface area contributed by atoms with Crippen LogP contribution in [0.25, 0.3) is 0 Å². The molecule has 1 heterocycles. The van der Waals surface area contributed by atoms with E-state index in [0.717, 1.165) is 0 Å². The van der Waals surface area contributed by atoms with Crippen LogP contribution in [0.2, 0.25) is 0 Å². The normalized spacial score (nSPS) is 21.5. The minimum absolute atomic E-state index is 0.138. The van der Waals surface area contributed by atoms with Gasteiger partial charge in [0, 0.05) is 12.1 Å². The van der Waals surface area contributed by atoms with Gasteiger partial charge in [-0.25, -0.2) is 12.8 Å². The van der Waals surface area contributed by atoms with Crippen LogP contribution in [0, 0.1) is 11.7 Å². The molecule has 1 unspecified atom stereocenters. The summed E-state index contributed by atoms with van der Waals surface area (Å²) in [4.78, 5) is 0. The Kier molecular flexibility index (Phi) is 4.42. The quantitative estimate of drug-likeness (QED) is 0.888. The second-order valence-corrected chi connectivity index (χ2v) is 7.06. The molecule has 1 N–H and O–H groups in total. The number of methoxy groups -OCH3 is 1. The van der Waals surface area contributed by atoms with Gasteiger partial charge >= 0.3 is 0 Å². The number of rotatable bonds is 5. The van der Waals surface area contributed by atoms with Crippen LogP contribution >= 0.6 is 0 Å². The molecular formula is C13H18FNO3S. The van der Waals surface area contributed by atoms with E-state index in [9.17, 15) is 12.8 Å². The van der Waals surface area contributed by atoms with Crippen molar-refractivity contribution in [2.45, 2.75) is 13.0 Å². The number of hydrogen-bond acceptors (Lipinski definition) is 4. The molecule has 1 fully saturated rings. The second-order valence-electron chi connectivity index (χ2n) is 4.83. The average Bonchev–Trinajstić information content (AvgIpc) is 2.71. The highest BCUT2D eigenvalue weighted by Gasteiger charge is 2.27. The molecule has 6 heteroatoms. The minimum atomic E-state index is -2.84. The molecule has 0 aromatic heterocycles. The van der Waals surface area contributed by atoms with Crippen LogP contribution in [0.1, 0.15) is 12.0 Å². The minimum Gasteiger partial charge on any atom is -0.494 e. The SMILES string of the molecule is COc1cccc(CNCC2CCS(=O)(=O)C2)c1F. The van der Waals surface area contributed by atoms with Crippen LogP contribution in [0.5, 0.6) is 5.75 Å². The molecule has 0 aliphatic carbocycles. The Morgan fingerprint density at radius 3 is 2.89 bits per heavy atom. The molecule has 19 heavy (non-hydrogen) atoms. The van der Waals surface area contributed by atoms with Crippen molar-refractivity contribution in [2.24, 2.45) is 5.92 Å². The van der Waals surface area contributed by atoms with Gasteiger partial charge < -0.3 is 10.1 Å². The van der Waals surface area contributed by atoms with E-state index in [4.69, 9.17) is 4.74 Å². The van der Waals surface area contributed by atoms with E-state index in [1.807, 2.05) is 0 Å². The van der Waals surface area contributed by atoms with E-state index in [1.165, 1.54) is 7.11 Å². The zero-order chi connectivity index (χ0) is 13.9. The third-order valence-corrected chi connectivity index (χ3v) is 5.18. The van der Waals surface area contributed by atoms with E-state index < -0.39 is 9.84 Å². The molecule has 2 rings (SSSR count). The van der Waals surface area contributed by atoms with E-state index in [2.05, 4.69) is 5.32 Å². The zero-order valence-electron chi connectivity index (χ0n) is 10.9. The Labute approximate surface area is 112 Å². The van der Waals surface area contributed by atoms with Crippen molar-refractivity contribution in [1.82, 2.24) is 5.32 Å². The fourth-order valence-corrected chi connectivity index (χ4v) is 4.16. The van der Waals surface area contributed by atoms with Crippen molar-refractivity contribution in [3.8, 4) is 5.75 Å². The van der Waals surface area contributed by atoms with Gasteiger partial charge in [-0.3, -0.25) is 0 Å². The maximum atomic E-state index is 13.8. The first-order valence-electron chi connectivity index (χ1n) is 6.24. The summed E-state index contributed by atoms with van der Waals surface area (Å²) in [6.45, 7) is 0.968.